The number of nitrogens with one attached hydrogen (secondary N) is 1. The molecule has 4 rings (SSSR count). The van der Waals surface area contributed by atoms with Gasteiger partial charge in [0.2, 0.25) is 11.8 Å². The topological polar surface area (TPSA) is 52.7 Å². The second-order valence-electron chi connectivity index (χ2n) is 9.52. The molecule has 0 radical (unpaired) electrons. The third-order valence-corrected chi connectivity index (χ3v) is 7.25. The smallest absolute Gasteiger partial charge is 0.246 e. The largest absolute Gasteiger partial charge is 0.342 e. The molecule has 2 aliphatic heterocycles. The Bertz CT molecular complexity index is 907. The van der Waals surface area contributed by atoms with Crippen LogP contribution in [0.4, 0.5) is 0 Å². The Morgan fingerprint density at radius 3 is 2.15 bits per heavy atom. The molecule has 2 amide bonds. The molecule has 1 atom stereocenters. The maximum atomic E-state index is 13.5. The molecule has 2 fully saturated rings. The first-order valence-corrected chi connectivity index (χ1v) is 12.5. The van der Waals surface area contributed by atoms with E-state index < -0.39 is 11.6 Å². The fourth-order valence-corrected chi connectivity index (χ4v) is 5.36. The number of hydrogen-bond acceptors (Lipinski definition) is 3. The van der Waals surface area contributed by atoms with Crippen molar-refractivity contribution in [3.8, 4) is 0 Å². The summed E-state index contributed by atoms with van der Waals surface area (Å²) in [5.41, 5.74) is 1.79. The molecule has 2 aliphatic rings. The van der Waals surface area contributed by atoms with Crippen molar-refractivity contribution in [1.82, 2.24) is 15.1 Å². The van der Waals surface area contributed by atoms with Crippen molar-refractivity contribution in [3.05, 3.63) is 71.8 Å². The van der Waals surface area contributed by atoms with E-state index in [-0.39, 0.29) is 11.8 Å². The van der Waals surface area contributed by atoms with Gasteiger partial charge in [-0.3, -0.25) is 9.59 Å². The standard InChI is InChI=1S/C28H37N3O2/c1-2-18-31-26(32)25(22-24-14-7-4-8-15-24)29-27(33)28(31)16-20-30(21-17-28)19-10-9-13-23-11-5-3-6-12-23/h3-8,11-12,14-15,25H,2,9-10,13,16-22H2,1H3,(H,29,33). The summed E-state index contributed by atoms with van der Waals surface area (Å²) in [6.45, 7) is 5.53. The highest BCUT2D eigenvalue weighted by Crippen LogP contribution is 2.33. The van der Waals surface area contributed by atoms with E-state index >= 15 is 0 Å². The molecular formula is C28H37N3O2. The summed E-state index contributed by atoms with van der Waals surface area (Å²) in [5, 5.41) is 3.10. The van der Waals surface area contributed by atoms with Crippen molar-refractivity contribution >= 4 is 11.8 Å². The number of amides is 2. The molecule has 2 aromatic rings. The third-order valence-electron chi connectivity index (χ3n) is 7.25. The number of rotatable bonds is 9. The molecule has 0 aliphatic carbocycles. The van der Waals surface area contributed by atoms with Crippen molar-refractivity contribution < 1.29 is 9.59 Å². The molecule has 176 valence electrons. The van der Waals surface area contributed by atoms with Crippen LogP contribution in [0.2, 0.25) is 0 Å². The fourth-order valence-electron chi connectivity index (χ4n) is 5.36. The summed E-state index contributed by atoms with van der Waals surface area (Å²) in [7, 11) is 0. The van der Waals surface area contributed by atoms with Gasteiger partial charge in [-0.25, -0.2) is 0 Å². The van der Waals surface area contributed by atoms with E-state index in [1.807, 2.05) is 35.2 Å². The van der Waals surface area contributed by atoms with Gasteiger partial charge < -0.3 is 15.1 Å². The zero-order chi connectivity index (χ0) is 23.1. The number of carbonyl (C=O) groups is 2. The number of aryl methyl sites for hydroxylation is 1. The Hall–Kier alpha value is -2.66. The lowest BCUT2D eigenvalue weighted by atomic mass is 9.81. The first-order chi connectivity index (χ1) is 16.1. The van der Waals surface area contributed by atoms with Gasteiger partial charge in [0.1, 0.15) is 11.6 Å². The molecule has 1 N–H and O–H groups in total. The maximum Gasteiger partial charge on any atom is 0.246 e. The minimum Gasteiger partial charge on any atom is -0.342 e. The van der Waals surface area contributed by atoms with Gasteiger partial charge in [-0.1, -0.05) is 67.6 Å². The fraction of sp³-hybridized carbons (Fsp3) is 0.500. The van der Waals surface area contributed by atoms with E-state index in [1.54, 1.807) is 0 Å². The van der Waals surface area contributed by atoms with E-state index in [9.17, 15) is 9.59 Å². The summed E-state index contributed by atoms with van der Waals surface area (Å²) >= 11 is 0. The minimum atomic E-state index is -0.680. The van der Waals surface area contributed by atoms with Crippen LogP contribution in [0.5, 0.6) is 0 Å². The molecule has 1 unspecified atom stereocenters. The number of carbonyl (C=O) groups excluding carboxylic acids is 2. The second-order valence-corrected chi connectivity index (χ2v) is 9.52. The summed E-state index contributed by atoms with van der Waals surface area (Å²) in [6.07, 6.45) is 6.31. The number of piperidine rings is 1. The minimum absolute atomic E-state index is 0.0419. The number of nitrogens with zero attached hydrogens (tertiary/aromatic N) is 2. The monoisotopic (exact) mass is 447 g/mol. The predicted octanol–water partition coefficient (Wildman–Crippen LogP) is 3.82. The van der Waals surface area contributed by atoms with Crippen molar-refractivity contribution in [3.63, 3.8) is 0 Å². The van der Waals surface area contributed by atoms with Gasteiger partial charge in [0.15, 0.2) is 0 Å². The predicted molar refractivity (Wildman–Crippen MR) is 132 cm³/mol. The van der Waals surface area contributed by atoms with Crippen molar-refractivity contribution in [2.24, 2.45) is 0 Å². The van der Waals surface area contributed by atoms with Crippen LogP contribution < -0.4 is 5.32 Å². The molecule has 5 nitrogen and oxygen atoms in total. The molecule has 1 spiro atoms. The average Bonchev–Trinajstić information content (AvgIpc) is 2.85. The van der Waals surface area contributed by atoms with Gasteiger partial charge in [0.25, 0.3) is 0 Å². The van der Waals surface area contributed by atoms with E-state index in [2.05, 4.69) is 47.5 Å². The van der Waals surface area contributed by atoms with Gasteiger partial charge in [-0.15, -0.1) is 0 Å². The highest BCUT2D eigenvalue weighted by atomic mass is 16.2. The highest BCUT2D eigenvalue weighted by Gasteiger charge is 2.53. The number of hydrogen-bond donors (Lipinski definition) is 1. The van der Waals surface area contributed by atoms with E-state index in [0.29, 0.717) is 13.0 Å². The lowest BCUT2D eigenvalue weighted by molar-refractivity contribution is -0.161. The first kappa shape index (κ1) is 23.5. The third kappa shape index (κ3) is 5.47. The Kier molecular flexibility index (Phi) is 7.81. The number of benzene rings is 2. The Morgan fingerprint density at radius 1 is 0.879 bits per heavy atom. The summed E-state index contributed by atoms with van der Waals surface area (Å²) in [6, 6.07) is 20.1. The molecule has 0 saturated carbocycles. The van der Waals surface area contributed by atoms with Crippen LogP contribution in [0.25, 0.3) is 0 Å². The Balaban J connectivity index is 1.33. The van der Waals surface area contributed by atoms with E-state index in [4.69, 9.17) is 0 Å². The molecule has 5 heteroatoms. The van der Waals surface area contributed by atoms with Crippen LogP contribution >= 0.6 is 0 Å². The molecule has 0 aromatic heterocycles. The van der Waals surface area contributed by atoms with E-state index in [0.717, 1.165) is 57.3 Å². The molecule has 2 saturated heterocycles. The van der Waals surface area contributed by atoms with Gasteiger partial charge in [0, 0.05) is 26.1 Å². The molecule has 33 heavy (non-hydrogen) atoms. The van der Waals surface area contributed by atoms with Crippen LogP contribution in [0.15, 0.2) is 60.7 Å². The average molecular weight is 448 g/mol. The molecular weight excluding hydrogens is 410 g/mol. The SMILES string of the molecule is CCCN1C(=O)C(Cc2ccccc2)NC(=O)C12CCN(CCCCc1ccccc1)CC2. The van der Waals surface area contributed by atoms with E-state index in [1.165, 1.54) is 12.0 Å². The normalized spacial score (nSPS) is 20.8. The molecule has 2 heterocycles. The van der Waals surface area contributed by atoms with Crippen LogP contribution in [0, 0.1) is 0 Å². The van der Waals surface area contributed by atoms with Gasteiger partial charge in [-0.05, 0) is 56.2 Å². The molecule has 2 aromatic carbocycles. The Labute approximate surface area is 198 Å². The summed E-state index contributed by atoms with van der Waals surface area (Å²) in [4.78, 5) is 31.3. The highest BCUT2D eigenvalue weighted by molar-refractivity contribution is 6.00. The van der Waals surface area contributed by atoms with Crippen molar-refractivity contribution in [2.75, 3.05) is 26.2 Å². The number of piperazine rings is 1. The number of likely N-dealkylation sites (tertiary alicyclic amines) is 1. The lowest BCUT2D eigenvalue weighted by Crippen LogP contribution is -2.73. The van der Waals surface area contributed by atoms with Crippen LogP contribution in [-0.4, -0.2) is 59.4 Å². The quantitative estimate of drug-likeness (QED) is 0.595. The van der Waals surface area contributed by atoms with Crippen LogP contribution in [0.1, 0.15) is 50.2 Å². The van der Waals surface area contributed by atoms with Gasteiger partial charge in [-0.2, -0.15) is 0 Å². The van der Waals surface area contributed by atoms with Crippen LogP contribution in [0.3, 0.4) is 0 Å². The van der Waals surface area contributed by atoms with Crippen LogP contribution in [-0.2, 0) is 22.4 Å². The first-order valence-electron chi connectivity index (χ1n) is 12.5. The zero-order valence-corrected chi connectivity index (χ0v) is 19.8. The number of unbranched alkanes of at least 4 members (excludes halogenated alkanes) is 1. The molecule has 0 bridgehead atoms. The maximum absolute atomic E-state index is 13.5. The summed E-state index contributed by atoms with van der Waals surface area (Å²) in [5.74, 6) is 0.122. The van der Waals surface area contributed by atoms with Gasteiger partial charge >= 0.3 is 0 Å². The zero-order valence-electron chi connectivity index (χ0n) is 19.8. The Morgan fingerprint density at radius 2 is 1.52 bits per heavy atom. The second kappa shape index (κ2) is 11.0. The van der Waals surface area contributed by atoms with Crippen molar-refractivity contribution in [1.29, 1.82) is 0 Å². The summed E-state index contributed by atoms with van der Waals surface area (Å²) < 4.78 is 0. The van der Waals surface area contributed by atoms with Crippen molar-refractivity contribution in [2.45, 2.75) is 63.5 Å². The van der Waals surface area contributed by atoms with Gasteiger partial charge in [0.05, 0.1) is 0 Å². The lowest BCUT2D eigenvalue weighted by Gasteiger charge is -2.51.